The molecule has 30 heavy (non-hydrogen) atoms. The van der Waals surface area contributed by atoms with Crippen LogP contribution in [0.3, 0.4) is 0 Å². The number of carbonyl (C=O) groups excluding carboxylic acids is 1. The predicted octanol–water partition coefficient (Wildman–Crippen LogP) is 4.70. The Morgan fingerprint density at radius 2 is 1.90 bits per heavy atom. The van der Waals surface area contributed by atoms with Gasteiger partial charge in [-0.05, 0) is 43.7 Å². The molecule has 1 heterocycles. The first-order valence-electron chi connectivity index (χ1n) is 9.83. The molecule has 6 nitrogen and oxygen atoms in total. The van der Waals surface area contributed by atoms with Crippen molar-refractivity contribution in [2.24, 2.45) is 0 Å². The van der Waals surface area contributed by atoms with Gasteiger partial charge in [0, 0.05) is 17.3 Å². The summed E-state index contributed by atoms with van der Waals surface area (Å²) in [4.78, 5) is 12.1. The van der Waals surface area contributed by atoms with Crippen molar-refractivity contribution in [1.29, 1.82) is 0 Å². The van der Waals surface area contributed by atoms with Crippen LogP contribution in [-0.4, -0.2) is 33.2 Å². The molecule has 1 aliphatic rings. The number of esters is 1. The molecular weight excluding hydrogens is 472 g/mol. The Balaban J connectivity index is 1.80. The van der Waals surface area contributed by atoms with Crippen LogP contribution in [0.4, 0.5) is 0 Å². The number of carbonyl (C=O) groups is 1. The molecule has 1 saturated heterocycles. The minimum Gasteiger partial charge on any atom is -0.466 e. The van der Waals surface area contributed by atoms with Crippen molar-refractivity contribution < 1.29 is 26.9 Å². The van der Waals surface area contributed by atoms with E-state index in [1.807, 2.05) is 31.2 Å². The highest BCUT2D eigenvalue weighted by Crippen LogP contribution is 2.36. The van der Waals surface area contributed by atoms with Crippen LogP contribution in [0.1, 0.15) is 43.4 Å². The maximum atomic E-state index is 12.8. The van der Waals surface area contributed by atoms with E-state index in [9.17, 15) is 13.2 Å². The maximum Gasteiger partial charge on any atom is 0.308 e. The average Bonchev–Trinajstić information content (AvgIpc) is 2.68. The summed E-state index contributed by atoms with van der Waals surface area (Å²) in [6.07, 6.45) is -0.819. The van der Waals surface area contributed by atoms with E-state index in [2.05, 4.69) is 15.9 Å². The predicted molar refractivity (Wildman–Crippen MR) is 115 cm³/mol. The van der Waals surface area contributed by atoms with E-state index in [1.54, 1.807) is 19.1 Å². The summed E-state index contributed by atoms with van der Waals surface area (Å²) in [5, 5.41) is 0. The Bertz CT molecular complexity index is 973. The van der Waals surface area contributed by atoms with E-state index in [4.69, 9.17) is 13.7 Å². The Kier molecular flexibility index (Phi) is 7.68. The van der Waals surface area contributed by atoms with Crippen LogP contribution in [0.5, 0.6) is 0 Å². The van der Waals surface area contributed by atoms with E-state index in [-0.39, 0.29) is 30.3 Å². The fraction of sp³-hybridized carbons (Fsp3) is 0.409. The molecular formula is C22H25BrO6S. The van der Waals surface area contributed by atoms with Crippen molar-refractivity contribution in [1.82, 2.24) is 0 Å². The van der Waals surface area contributed by atoms with Crippen molar-refractivity contribution in [2.75, 3.05) is 6.61 Å². The fourth-order valence-electron chi connectivity index (χ4n) is 3.45. The summed E-state index contributed by atoms with van der Waals surface area (Å²) >= 11 is 3.45. The standard InChI is InChI=1S/C22H25BrO6S/c1-3-27-22(24)14-18-12-19(13-21(28-18)16-5-4-6-17(23)11-16)29-30(25,26)20-9-7-15(2)8-10-20/h4-11,18-19,21H,3,12-14H2,1-2H3/t18-,19-,21+/m1/s1. The smallest absolute Gasteiger partial charge is 0.308 e. The second-order valence-electron chi connectivity index (χ2n) is 7.27. The third kappa shape index (κ3) is 6.14. The van der Waals surface area contributed by atoms with Crippen LogP contribution in [-0.2, 0) is 28.6 Å². The molecule has 8 heteroatoms. The first kappa shape index (κ1) is 22.9. The minimum atomic E-state index is -3.93. The number of halogens is 1. The first-order chi connectivity index (χ1) is 14.3. The number of ether oxygens (including phenoxy) is 2. The highest BCUT2D eigenvalue weighted by molar-refractivity contribution is 9.10. The van der Waals surface area contributed by atoms with Crippen LogP contribution in [0, 0.1) is 6.92 Å². The molecule has 3 rings (SSSR count). The first-order valence-corrected chi connectivity index (χ1v) is 12.0. The van der Waals surface area contributed by atoms with Gasteiger partial charge in [0.15, 0.2) is 0 Å². The van der Waals surface area contributed by atoms with Crippen LogP contribution in [0.15, 0.2) is 57.9 Å². The highest BCUT2D eigenvalue weighted by Gasteiger charge is 2.35. The fourth-order valence-corrected chi connectivity index (χ4v) is 4.96. The third-order valence-electron chi connectivity index (χ3n) is 4.85. The summed E-state index contributed by atoms with van der Waals surface area (Å²) < 4.78 is 43.2. The van der Waals surface area contributed by atoms with Gasteiger partial charge >= 0.3 is 5.97 Å². The van der Waals surface area contributed by atoms with Gasteiger partial charge in [-0.1, -0.05) is 45.8 Å². The molecule has 0 aromatic heterocycles. The van der Waals surface area contributed by atoms with E-state index < -0.39 is 28.4 Å². The van der Waals surface area contributed by atoms with Crippen LogP contribution in [0.2, 0.25) is 0 Å². The number of hydrogen-bond donors (Lipinski definition) is 0. The molecule has 0 radical (unpaired) electrons. The van der Waals surface area contributed by atoms with Gasteiger partial charge in [-0.25, -0.2) is 0 Å². The largest absolute Gasteiger partial charge is 0.466 e. The molecule has 162 valence electrons. The van der Waals surface area contributed by atoms with Crippen molar-refractivity contribution in [2.45, 2.75) is 56.3 Å². The number of aryl methyl sites for hydroxylation is 1. The van der Waals surface area contributed by atoms with Gasteiger partial charge in [-0.3, -0.25) is 8.98 Å². The zero-order valence-corrected chi connectivity index (χ0v) is 19.3. The van der Waals surface area contributed by atoms with Crippen molar-refractivity contribution >= 4 is 32.0 Å². The lowest BCUT2D eigenvalue weighted by molar-refractivity contribution is -0.152. The monoisotopic (exact) mass is 496 g/mol. The number of rotatable bonds is 7. The van der Waals surface area contributed by atoms with E-state index in [1.165, 1.54) is 12.1 Å². The van der Waals surface area contributed by atoms with Gasteiger partial charge in [0.25, 0.3) is 10.1 Å². The molecule has 0 N–H and O–H groups in total. The van der Waals surface area contributed by atoms with Gasteiger partial charge in [0.2, 0.25) is 0 Å². The summed E-state index contributed by atoms with van der Waals surface area (Å²) in [6.45, 7) is 3.91. The zero-order chi connectivity index (χ0) is 21.7. The van der Waals surface area contributed by atoms with Crippen molar-refractivity contribution in [3.63, 3.8) is 0 Å². The summed E-state index contributed by atoms with van der Waals surface area (Å²) in [7, 11) is -3.93. The lowest BCUT2D eigenvalue weighted by Crippen LogP contribution is -2.36. The average molecular weight is 497 g/mol. The van der Waals surface area contributed by atoms with Crippen LogP contribution in [0.25, 0.3) is 0 Å². The quantitative estimate of drug-likeness (QED) is 0.408. The van der Waals surface area contributed by atoms with Gasteiger partial charge in [-0.15, -0.1) is 0 Å². The molecule has 0 unspecified atom stereocenters. The summed E-state index contributed by atoms with van der Waals surface area (Å²) in [5.74, 6) is -0.377. The second-order valence-corrected chi connectivity index (χ2v) is 9.76. The molecule has 3 atom stereocenters. The van der Waals surface area contributed by atoms with Gasteiger partial charge < -0.3 is 9.47 Å². The molecule has 0 saturated carbocycles. The Morgan fingerprint density at radius 1 is 1.17 bits per heavy atom. The molecule has 0 aliphatic carbocycles. The number of benzene rings is 2. The third-order valence-corrected chi connectivity index (χ3v) is 6.72. The van der Waals surface area contributed by atoms with E-state index >= 15 is 0 Å². The normalized spacial score (nSPS) is 21.9. The van der Waals surface area contributed by atoms with Gasteiger partial charge in [-0.2, -0.15) is 8.42 Å². The molecule has 1 fully saturated rings. The molecule has 0 amide bonds. The Labute approximate surface area is 185 Å². The molecule has 0 spiro atoms. The Hall–Kier alpha value is -1.74. The van der Waals surface area contributed by atoms with E-state index in [0.29, 0.717) is 6.42 Å². The van der Waals surface area contributed by atoms with Gasteiger partial charge in [0.1, 0.15) is 0 Å². The van der Waals surface area contributed by atoms with Crippen LogP contribution < -0.4 is 0 Å². The SMILES string of the molecule is CCOC(=O)C[C@H]1C[C@@H](OS(=O)(=O)c2ccc(C)cc2)C[C@@H](c2cccc(Br)c2)O1. The van der Waals surface area contributed by atoms with Crippen LogP contribution >= 0.6 is 15.9 Å². The van der Waals surface area contributed by atoms with Crippen molar-refractivity contribution in [3.05, 3.63) is 64.1 Å². The molecule has 2 aromatic carbocycles. The van der Waals surface area contributed by atoms with Crippen molar-refractivity contribution in [3.8, 4) is 0 Å². The highest BCUT2D eigenvalue weighted by atomic mass is 79.9. The molecule has 1 aliphatic heterocycles. The Morgan fingerprint density at radius 3 is 2.57 bits per heavy atom. The molecule has 0 bridgehead atoms. The topological polar surface area (TPSA) is 78.9 Å². The lowest BCUT2D eigenvalue weighted by Gasteiger charge is -2.35. The second kappa shape index (κ2) is 10.0. The zero-order valence-electron chi connectivity index (χ0n) is 16.9. The molecule has 2 aromatic rings. The van der Waals surface area contributed by atoms with E-state index in [0.717, 1.165) is 15.6 Å². The minimum absolute atomic E-state index is 0.0444. The number of hydrogen-bond acceptors (Lipinski definition) is 6. The lowest BCUT2D eigenvalue weighted by atomic mass is 9.95. The maximum absolute atomic E-state index is 12.8. The van der Waals surface area contributed by atoms with Gasteiger partial charge in [0.05, 0.1) is 36.2 Å². The summed E-state index contributed by atoms with van der Waals surface area (Å²) in [6, 6.07) is 14.1. The summed E-state index contributed by atoms with van der Waals surface area (Å²) in [5.41, 5.74) is 1.85.